The van der Waals surface area contributed by atoms with Gasteiger partial charge in [0.25, 0.3) is 0 Å². The van der Waals surface area contributed by atoms with Gasteiger partial charge in [0.1, 0.15) is 5.82 Å². The van der Waals surface area contributed by atoms with Crippen molar-refractivity contribution >= 4 is 49.0 Å². The zero-order valence-electron chi connectivity index (χ0n) is 9.55. The standard InChI is InChI=1S/C11H13Br2N3S/c1-5(2)3-6-9(15-16-11(6)14)8-4-7(12)10(13)17-8/h4-5H,3H2,1-2H3,(H3,14,15,16). The molecule has 0 fully saturated rings. The third-order valence-corrected chi connectivity index (χ3v) is 5.68. The number of H-pyrrole nitrogens is 1. The van der Waals surface area contributed by atoms with E-state index < -0.39 is 0 Å². The van der Waals surface area contributed by atoms with Crippen LogP contribution in [0.1, 0.15) is 19.4 Å². The molecule has 0 atom stereocenters. The molecule has 2 heterocycles. The molecule has 0 saturated heterocycles. The summed E-state index contributed by atoms with van der Waals surface area (Å²) in [4.78, 5) is 1.14. The van der Waals surface area contributed by atoms with Crippen molar-refractivity contribution in [3.63, 3.8) is 0 Å². The lowest BCUT2D eigenvalue weighted by Gasteiger charge is -2.05. The molecule has 0 saturated carbocycles. The zero-order valence-corrected chi connectivity index (χ0v) is 13.5. The Kier molecular flexibility index (Phi) is 3.95. The molecule has 0 radical (unpaired) electrons. The van der Waals surface area contributed by atoms with Crippen LogP contribution in [0.25, 0.3) is 10.6 Å². The summed E-state index contributed by atoms with van der Waals surface area (Å²) < 4.78 is 2.14. The number of rotatable bonds is 3. The molecule has 2 aromatic rings. The highest BCUT2D eigenvalue weighted by Crippen LogP contribution is 2.39. The van der Waals surface area contributed by atoms with Crippen molar-refractivity contribution in [2.24, 2.45) is 5.92 Å². The van der Waals surface area contributed by atoms with Gasteiger partial charge in [-0.05, 0) is 50.3 Å². The van der Waals surface area contributed by atoms with Gasteiger partial charge in [-0.15, -0.1) is 11.3 Å². The number of nitrogen functional groups attached to an aromatic ring is 1. The highest BCUT2D eigenvalue weighted by molar-refractivity contribution is 9.13. The first-order chi connectivity index (χ1) is 7.99. The topological polar surface area (TPSA) is 54.7 Å². The van der Waals surface area contributed by atoms with Crippen molar-refractivity contribution in [1.82, 2.24) is 10.2 Å². The first kappa shape index (κ1) is 13.1. The largest absolute Gasteiger partial charge is 0.382 e. The van der Waals surface area contributed by atoms with Crippen molar-refractivity contribution in [2.45, 2.75) is 20.3 Å². The van der Waals surface area contributed by atoms with Crippen LogP contribution >= 0.6 is 43.2 Å². The summed E-state index contributed by atoms with van der Waals surface area (Å²) in [5.41, 5.74) is 8.06. The SMILES string of the molecule is CC(C)Cc1c(N)n[nH]c1-c1cc(Br)c(Br)s1. The summed E-state index contributed by atoms with van der Waals surface area (Å²) in [6.45, 7) is 4.35. The smallest absolute Gasteiger partial charge is 0.149 e. The molecule has 0 aliphatic heterocycles. The van der Waals surface area contributed by atoms with E-state index in [1.54, 1.807) is 11.3 Å². The molecule has 0 aromatic carbocycles. The van der Waals surface area contributed by atoms with E-state index in [1.165, 1.54) is 0 Å². The third-order valence-electron chi connectivity index (χ3n) is 2.40. The van der Waals surface area contributed by atoms with Crippen LogP contribution in [0.3, 0.4) is 0 Å². The molecule has 0 amide bonds. The fourth-order valence-corrected chi connectivity index (χ4v) is 3.73. The van der Waals surface area contributed by atoms with Crippen LogP contribution in [-0.4, -0.2) is 10.2 Å². The molecule has 6 heteroatoms. The molecule has 0 unspecified atom stereocenters. The molecule has 92 valence electrons. The van der Waals surface area contributed by atoms with Gasteiger partial charge in [0.2, 0.25) is 0 Å². The normalized spacial score (nSPS) is 11.4. The van der Waals surface area contributed by atoms with Gasteiger partial charge in [-0.1, -0.05) is 13.8 Å². The fourth-order valence-electron chi connectivity index (χ4n) is 1.67. The predicted molar refractivity (Wildman–Crippen MR) is 80.3 cm³/mol. The molecule has 17 heavy (non-hydrogen) atoms. The number of hydrogen-bond donors (Lipinski definition) is 2. The maximum absolute atomic E-state index is 5.91. The lowest BCUT2D eigenvalue weighted by atomic mass is 10.0. The van der Waals surface area contributed by atoms with Crippen LogP contribution in [-0.2, 0) is 6.42 Å². The maximum atomic E-state index is 5.91. The van der Waals surface area contributed by atoms with Gasteiger partial charge in [-0.3, -0.25) is 5.10 Å². The van der Waals surface area contributed by atoms with Gasteiger partial charge in [0, 0.05) is 10.0 Å². The van der Waals surface area contributed by atoms with E-state index in [9.17, 15) is 0 Å². The maximum Gasteiger partial charge on any atom is 0.149 e. The Balaban J connectivity index is 2.45. The van der Waals surface area contributed by atoms with Crippen molar-refractivity contribution in [3.8, 4) is 10.6 Å². The van der Waals surface area contributed by atoms with Gasteiger partial charge in [-0.25, -0.2) is 0 Å². The zero-order chi connectivity index (χ0) is 12.6. The van der Waals surface area contributed by atoms with Crippen LogP contribution in [0, 0.1) is 5.92 Å². The number of anilines is 1. The van der Waals surface area contributed by atoms with E-state index in [1.807, 2.05) is 0 Å². The monoisotopic (exact) mass is 377 g/mol. The van der Waals surface area contributed by atoms with Crippen molar-refractivity contribution < 1.29 is 0 Å². The average Bonchev–Trinajstić information content (AvgIpc) is 2.73. The van der Waals surface area contributed by atoms with E-state index in [0.717, 1.165) is 30.8 Å². The first-order valence-corrected chi connectivity index (χ1v) is 7.67. The average molecular weight is 379 g/mol. The molecular formula is C11H13Br2N3S. The van der Waals surface area contributed by atoms with E-state index in [4.69, 9.17) is 5.73 Å². The van der Waals surface area contributed by atoms with Gasteiger partial charge in [0.15, 0.2) is 0 Å². The molecule has 0 aliphatic rings. The summed E-state index contributed by atoms with van der Waals surface area (Å²) in [6, 6.07) is 2.07. The number of hydrogen-bond acceptors (Lipinski definition) is 3. The first-order valence-electron chi connectivity index (χ1n) is 5.27. The number of nitrogens with two attached hydrogens (primary N) is 1. The highest BCUT2D eigenvalue weighted by Gasteiger charge is 2.16. The molecular weight excluding hydrogens is 366 g/mol. The lowest BCUT2D eigenvalue weighted by Crippen LogP contribution is -1.98. The molecule has 2 rings (SSSR count). The molecule has 0 aliphatic carbocycles. The Hall–Kier alpha value is -0.330. The van der Waals surface area contributed by atoms with Crippen LogP contribution in [0.4, 0.5) is 5.82 Å². The summed E-state index contributed by atoms with van der Waals surface area (Å²) in [5.74, 6) is 1.16. The molecule has 0 bridgehead atoms. The summed E-state index contributed by atoms with van der Waals surface area (Å²) in [5, 5.41) is 7.14. The third kappa shape index (κ3) is 2.74. The molecule has 2 aromatic heterocycles. The van der Waals surface area contributed by atoms with E-state index in [2.05, 4.69) is 62.0 Å². The van der Waals surface area contributed by atoms with E-state index in [0.29, 0.717) is 11.7 Å². The van der Waals surface area contributed by atoms with E-state index in [-0.39, 0.29) is 0 Å². The number of halogens is 2. The quantitative estimate of drug-likeness (QED) is 0.829. The minimum absolute atomic E-state index is 0.556. The van der Waals surface area contributed by atoms with Crippen LogP contribution < -0.4 is 5.73 Å². The molecule has 3 N–H and O–H groups in total. The second kappa shape index (κ2) is 5.12. The minimum Gasteiger partial charge on any atom is -0.382 e. The Labute approximate surface area is 121 Å². The number of thiophene rings is 1. The van der Waals surface area contributed by atoms with Crippen LogP contribution in [0.5, 0.6) is 0 Å². The summed E-state index contributed by atoms with van der Waals surface area (Å²) in [6.07, 6.45) is 0.935. The second-order valence-electron chi connectivity index (χ2n) is 4.29. The number of nitrogens with one attached hydrogen (secondary N) is 1. The van der Waals surface area contributed by atoms with Crippen molar-refractivity contribution in [1.29, 1.82) is 0 Å². The number of aromatic amines is 1. The van der Waals surface area contributed by atoms with Crippen LogP contribution in [0.15, 0.2) is 14.3 Å². The van der Waals surface area contributed by atoms with Gasteiger partial charge < -0.3 is 5.73 Å². The Bertz CT molecular complexity index is 511. The predicted octanol–water partition coefficient (Wildman–Crippen LogP) is 4.44. The Morgan fingerprint density at radius 3 is 2.71 bits per heavy atom. The summed E-state index contributed by atoms with van der Waals surface area (Å²) in [7, 11) is 0. The second-order valence-corrected chi connectivity index (χ2v) is 7.52. The summed E-state index contributed by atoms with van der Waals surface area (Å²) >= 11 is 8.66. The number of aromatic nitrogens is 2. The van der Waals surface area contributed by atoms with Gasteiger partial charge in [-0.2, -0.15) is 5.10 Å². The van der Waals surface area contributed by atoms with E-state index >= 15 is 0 Å². The van der Waals surface area contributed by atoms with Crippen LogP contribution in [0.2, 0.25) is 0 Å². The number of nitrogens with zero attached hydrogens (tertiary/aromatic N) is 1. The Morgan fingerprint density at radius 1 is 1.47 bits per heavy atom. The fraction of sp³-hybridized carbons (Fsp3) is 0.364. The minimum atomic E-state index is 0.556. The van der Waals surface area contributed by atoms with Gasteiger partial charge >= 0.3 is 0 Å². The van der Waals surface area contributed by atoms with Crippen molar-refractivity contribution in [2.75, 3.05) is 5.73 Å². The Morgan fingerprint density at radius 2 is 2.18 bits per heavy atom. The highest BCUT2D eigenvalue weighted by atomic mass is 79.9. The van der Waals surface area contributed by atoms with Gasteiger partial charge in [0.05, 0.1) is 14.4 Å². The van der Waals surface area contributed by atoms with Crippen molar-refractivity contribution in [3.05, 3.63) is 19.9 Å². The lowest BCUT2D eigenvalue weighted by molar-refractivity contribution is 0.649. The molecule has 0 spiro atoms. The molecule has 3 nitrogen and oxygen atoms in total.